The van der Waals surface area contributed by atoms with Crippen LogP contribution in [0.15, 0.2) is 83.9 Å². The highest BCUT2D eigenvalue weighted by Gasteiger charge is 2.24. The van der Waals surface area contributed by atoms with E-state index in [2.05, 4.69) is 36.3 Å². The molecule has 3 aromatic carbocycles. The standard InChI is InChI=1S/C31H27N5O2S/c1-19(2)21-9-11-22(12-10-21)28-26(17-32)29(34)36-31(27(28)18-33)39-20(3)30(37)35-23-13-15-25(16-14-23)38-24-7-5-4-6-8-24/h4-16,19-20H,1-3H3,(H2,34,36)(H,35,37). The zero-order chi connectivity index (χ0) is 27.9. The number of hydrogen-bond acceptors (Lipinski definition) is 7. The summed E-state index contributed by atoms with van der Waals surface area (Å²) in [5.41, 5.74) is 9.36. The summed E-state index contributed by atoms with van der Waals surface area (Å²) in [4.78, 5) is 17.3. The van der Waals surface area contributed by atoms with Crippen LogP contribution in [0.2, 0.25) is 0 Å². The summed E-state index contributed by atoms with van der Waals surface area (Å²) in [6, 6.07) is 28.4. The molecule has 0 saturated carbocycles. The molecule has 39 heavy (non-hydrogen) atoms. The van der Waals surface area contributed by atoms with Gasteiger partial charge >= 0.3 is 0 Å². The van der Waals surface area contributed by atoms with E-state index in [1.807, 2.05) is 54.6 Å². The van der Waals surface area contributed by atoms with Gasteiger partial charge in [-0.1, -0.05) is 68.1 Å². The third kappa shape index (κ3) is 6.38. The lowest BCUT2D eigenvalue weighted by Crippen LogP contribution is -2.22. The molecule has 0 saturated heterocycles. The van der Waals surface area contributed by atoms with Crippen molar-refractivity contribution in [2.24, 2.45) is 0 Å². The van der Waals surface area contributed by atoms with Crippen LogP contribution in [0, 0.1) is 22.7 Å². The van der Waals surface area contributed by atoms with E-state index in [4.69, 9.17) is 10.5 Å². The summed E-state index contributed by atoms with van der Waals surface area (Å²) < 4.78 is 5.80. The average Bonchev–Trinajstić information content (AvgIpc) is 2.94. The van der Waals surface area contributed by atoms with Crippen LogP contribution < -0.4 is 15.8 Å². The number of hydrogen-bond donors (Lipinski definition) is 2. The van der Waals surface area contributed by atoms with Crippen LogP contribution in [0.4, 0.5) is 11.5 Å². The van der Waals surface area contributed by atoms with Crippen molar-refractivity contribution in [2.75, 3.05) is 11.1 Å². The Labute approximate surface area is 232 Å². The van der Waals surface area contributed by atoms with Gasteiger partial charge in [0.15, 0.2) is 0 Å². The molecule has 8 heteroatoms. The molecule has 0 fully saturated rings. The molecular weight excluding hydrogens is 506 g/mol. The van der Waals surface area contributed by atoms with Crippen LogP contribution in [0.5, 0.6) is 11.5 Å². The SMILES string of the molecule is CC(Sc1nc(N)c(C#N)c(-c2ccc(C(C)C)cc2)c1C#N)C(=O)Nc1ccc(Oc2ccccc2)cc1. The van der Waals surface area contributed by atoms with Crippen molar-refractivity contribution in [1.82, 2.24) is 4.98 Å². The summed E-state index contributed by atoms with van der Waals surface area (Å²) in [6.07, 6.45) is 0. The second-order valence-corrected chi connectivity index (χ2v) is 10.4. The fourth-order valence-electron chi connectivity index (χ4n) is 3.90. The van der Waals surface area contributed by atoms with Gasteiger partial charge in [-0.15, -0.1) is 0 Å². The Morgan fingerprint density at radius 3 is 2.10 bits per heavy atom. The van der Waals surface area contributed by atoms with E-state index in [0.29, 0.717) is 33.5 Å². The molecule has 4 aromatic rings. The summed E-state index contributed by atoms with van der Waals surface area (Å²) in [7, 11) is 0. The van der Waals surface area contributed by atoms with Gasteiger partial charge in [-0.2, -0.15) is 10.5 Å². The Morgan fingerprint density at radius 2 is 1.51 bits per heavy atom. The Hall–Kier alpha value is -4.79. The average molecular weight is 534 g/mol. The number of rotatable bonds is 8. The highest BCUT2D eigenvalue weighted by Crippen LogP contribution is 2.37. The molecule has 7 nitrogen and oxygen atoms in total. The fourth-order valence-corrected chi connectivity index (χ4v) is 4.82. The topological polar surface area (TPSA) is 125 Å². The first-order valence-corrected chi connectivity index (χ1v) is 13.2. The number of thioether (sulfide) groups is 1. The van der Waals surface area contributed by atoms with Gasteiger partial charge < -0.3 is 15.8 Å². The number of carbonyl (C=O) groups excluding carboxylic acids is 1. The van der Waals surface area contributed by atoms with Crippen molar-refractivity contribution < 1.29 is 9.53 Å². The van der Waals surface area contributed by atoms with Gasteiger partial charge in [-0.3, -0.25) is 4.79 Å². The quantitative estimate of drug-likeness (QED) is 0.231. The number of nitrogens with one attached hydrogen (secondary N) is 1. The predicted molar refractivity (Wildman–Crippen MR) is 155 cm³/mol. The van der Waals surface area contributed by atoms with Crippen molar-refractivity contribution >= 4 is 29.2 Å². The molecule has 1 heterocycles. The van der Waals surface area contributed by atoms with E-state index in [-0.39, 0.29) is 22.9 Å². The molecule has 1 aromatic heterocycles. The first kappa shape index (κ1) is 27.3. The third-order valence-corrected chi connectivity index (χ3v) is 7.13. The lowest BCUT2D eigenvalue weighted by molar-refractivity contribution is -0.115. The number of nitrogens with zero attached hydrogens (tertiary/aromatic N) is 3. The van der Waals surface area contributed by atoms with Gasteiger partial charge in [0.25, 0.3) is 0 Å². The molecule has 0 radical (unpaired) electrons. The maximum absolute atomic E-state index is 13.0. The van der Waals surface area contributed by atoms with Gasteiger partial charge in [0.1, 0.15) is 40.0 Å². The first-order valence-electron chi connectivity index (χ1n) is 12.3. The number of pyridine rings is 1. The van der Waals surface area contributed by atoms with Crippen LogP contribution >= 0.6 is 11.8 Å². The van der Waals surface area contributed by atoms with Crippen LogP contribution in [0.3, 0.4) is 0 Å². The molecule has 0 aliphatic rings. The van der Waals surface area contributed by atoms with Crippen LogP contribution in [-0.2, 0) is 4.79 Å². The van der Waals surface area contributed by atoms with Gasteiger partial charge in [0.05, 0.1) is 10.8 Å². The zero-order valence-electron chi connectivity index (χ0n) is 21.8. The second-order valence-electron chi connectivity index (χ2n) is 9.12. The minimum Gasteiger partial charge on any atom is -0.457 e. The van der Waals surface area contributed by atoms with Gasteiger partial charge in [-0.05, 0) is 60.4 Å². The summed E-state index contributed by atoms with van der Waals surface area (Å²) in [6.45, 7) is 5.91. The van der Waals surface area contributed by atoms with E-state index in [0.717, 1.165) is 23.1 Å². The van der Waals surface area contributed by atoms with Crippen molar-refractivity contribution in [3.8, 4) is 34.8 Å². The van der Waals surface area contributed by atoms with Gasteiger partial charge in [-0.25, -0.2) is 4.98 Å². The number of nitriles is 2. The van der Waals surface area contributed by atoms with E-state index in [1.54, 1.807) is 31.2 Å². The Bertz CT molecular complexity index is 1550. The summed E-state index contributed by atoms with van der Waals surface area (Å²) in [5.74, 6) is 1.45. The summed E-state index contributed by atoms with van der Waals surface area (Å²) >= 11 is 1.12. The van der Waals surface area contributed by atoms with Crippen molar-refractivity contribution in [3.63, 3.8) is 0 Å². The number of amides is 1. The molecule has 4 rings (SSSR count). The minimum absolute atomic E-state index is 0.0172. The van der Waals surface area contributed by atoms with E-state index in [9.17, 15) is 15.3 Å². The van der Waals surface area contributed by atoms with E-state index in [1.165, 1.54) is 0 Å². The molecule has 0 bridgehead atoms. The largest absolute Gasteiger partial charge is 0.457 e. The number of anilines is 2. The van der Waals surface area contributed by atoms with E-state index < -0.39 is 5.25 Å². The van der Waals surface area contributed by atoms with Gasteiger partial charge in [0, 0.05) is 11.3 Å². The molecule has 0 aliphatic carbocycles. The number of nitrogens with two attached hydrogens (primary N) is 1. The van der Waals surface area contributed by atoms with Crippen LogP contribution in [0.25, 0.3) is 11.1 Å². The van der Waals surface area contributed by atoms with Crippen molar-refractivity contribution in [2.45, 2.75) is 37.0 Å². The summed E-state index contributed by atoms with van der Waals surface area (Å²) in [5, 5.41) is 22.4. The molecular formula is C31H27N5O2S. The molecule has 3 N–H and O–H groups in total. The Kier molecular flexibility index (Phi) is 8.50. The smallest absolute Gasteiger partial charge is 0.237 e. The monoisotopic (exact) mass is 533 g/mol. The number of benzene rings is 3. The normalized spacial score (nSPS) is 11.3. The number of ether oxygens (including phenoxy) is 1. The maximum atomic E-state index is 13.0. The van der Waals surface area contributed by atoms with E-state index >= 15 is 0 Å². The molecule has 194 valence electrons. The Morgan fingerprint density at radius 1 is 0.897 bits per heavy atom. The highest BCUT2D eigenvalue weighted by atomic mass is 32.2. The minimum atomic E-state index is -0.603. The highest BCUT2D eigenvalue weighted by molar-refractivity contribution is 8.00. The van der Waals surface area contributed by atoms with Crippen LogP contribution in [-0.4, -0.2) is 16.1 Å². The number of para-hydroxylation sites is 1. The van der Waals surface area contributed by atoms with Crippen LogP contribution in [0.1, 0.15) is 43.4 Å². The third-order valence-electron chi connectivity index (χ3n) is 6.04. The number of carbonyl (C=O) groups is 1. The zero-order valence-corrected chi connectivity index (χ0v) is 22.6. The first-order chi connectivity index (χ1) is 18.8. The molecule has 1 amide bonds. The lowest BCUT2D eigenvalue weighted by Gasteiger charge is -2.16. The predicted octanol–water partition coefficient (Wildman–Crippen LogP) is 7.11. The number of aromatic nitrogens is 1. The van der Waals surface area contributed by atoms with Gasteiger partial charge in [0.2, 0.25) is 5.91 Å². The molecule has 0 aliphatic heterocycles. The van der Waals surface area contributed by atoms with Crippen molar-refractivity contribution in [1.29, 1.82) is 10.5 Å². The number of nitrogen functional groups attached to an aromatic ring is 1. The molecule has 1 unspecified atom stereocenters. The Balaban J connectivity index is 1.54. The second kappa shape index (κ2) is 12.2. The molecule has 0 spiro atoms. The fraction of sp³-hybridized carbons (Fsp3) is 0.161. The maximum Gasteiger partial charge on any atom is 0.237 e. The molecule has 1 atom stereocenters. The lowest BCUT2D eigenvalue weighted by atomic mass is 9.94. The van der Waals surface area contributed by atoms with Crippen molar-refractivity contribution in [3.05, 3.63) is 95.6 Å².